The van der Waals surface area contributed by atoms with Gasteiger partial charge in [0.2, 0.25) is 0 Å². The Labute approximate surface area is 128 Å². The summed E-state index contributed by atoms with van der Waals surface area (Å²) in [6, 6.07) is 9.99. The first kappa shape index (κ1) is 15.0. The molecule has 0 heterocycles. The second-order valence-electron chi connectivity index (χ2n) is 4.99. The third-order valence-electron chi connectivity index (χ3n) is 3.70. The van der Waals surface area contributed by atoms with Gasteiger partial charge < -0.3 is 10.2 Å². The summed E-state index contributed by atoms with van der Waals surface area (Å²) in [7, 11) is 0. The fourth-order valence-electron chi connectivity index (χ4n) is 2.31. The average molecular weight is 311 g/mol. The number of hydrogen-bond acceptors (Lipinski definition) is 2. The Morgan fingerprint density at radius 3 is 1.40 bits per heavy atom. The third-order valence-corrected chi connectivity index (χ3v) is 4.35. The zero-order chi connectivity index (χ0) is 14.9. The third kappa shape index (κ3) is 3.02. The summed E-state index contributed by atoms with van der Waals surface area (Å²) in [6.07, 6.45) is 0. The van der Waals surface area contributed by atoms with E-state index in [0.29, 0.717) is 10.0 Å². The Bertz CT molecular complexity index is 570. The van der Waals surface area contributed by atoms with Crippen LogP contribution in [0.15, 0.2) is 36.4 Å². The highest BCUT2D eigenvalue weighted by Crippen LogP contribution is 2.39. The van der Waals surface area contributed by atoms with Gasteiger partial charge in [0.1, 0.15) is 11.5 Å². The molecule has 0 aliphatic carbocycles. The summed E-state index contributed by atoms with van der Waals surface area (Å²) in [4.78, 5) is 0. The number of phenolic OH excluding ortho intramolecular Hbond substituents is 2. The number of phenols is 2. The van der Waals surface area contributed by atoms with Crippen molar-refractivity contribution in [2.45, 2.75) is 25.7 Å². The van der Waals surface area contributed by atoms with Crippen LogP contribution in [0.1, 0.15) is 36.8 Å². The highest BCUT2D eigenvalue weighted by molar-refractivity contribution is 6.32. The van der Waals surface area contributed by atoms with Gasteiger partial charge in [-0.25, -0.2) is 0 Å². The van der Waals surface area contributed by atoms with Gasteiger partial charge in [0.25, 0.3) is 0 Å². The predicted octanol–water partition coefficient (Wildman–Crippen LogP) is 5.31. The first-order chi connectivity index (χ1) is 9.40. The molecule has 2 atom stereocenters. The van der Waals surface area contributed by atoms with Crippen LogP contribution < -0.4 is 0 Å². The molecule has 2 rings (SSSR count). The van der Waals surface area contributed by atoms with Crippen molar-refractivity contribution >= 4 is 23.2 Å². The Hall–Kier alpha value is -1.38. The van der Waals surface area contributed by atoms with E-state index in [1.807, 2.05) is 12.1 Å². The maximum atomic E-state index is 9.42. The Morgan fingerprint density at radius 2 is 1.10 bits per heavy atom. The molecule has 20 heavy (non-hydrogen) atoms. The van der Waals surface area contributed by atoms with Crippen LogP contribution in [-0.2, 0) is 0 Å². The van der Waals surface area contributed by atoms with E-state index < -0.39 is 0 Å². The van der Waals surface area contributed by atoms with E-state index in [2.05, 4.69) is 13.8 Å². The molecule has 0 bridgehead atoms. The maximum absolute atomic E-state index is 9.42. The molecule has 2 aromatic carbocycles. The van der Waals surface area contributed by atoms with Crippen LogP contribution in [-0.4, -0.2) is 10.2 Å². The number of aromatic hydroxyl groups is 2. The second-order valence-corrected chi connectivity index (χ2v) is 5.80. The molecular weight excluding hydrogens is 295 g/mol. The van der Waals surface area contributed by atoms with Crippen LogP contribution in [0.5, 0.6) is 11.5 Å². The van der Waals surface area contributed by atoms with Gasteiger partial charge in [-0.05, 0) is 47.2 Å². The van der Waals surface area contributed by atoms with E-state index in [-0.39, 0.29) is 23.3 Å². The highest BCUT2D eigenvalue weighted by Gasteiger charge is 2.21. The van der Waals surface area contributed by atoms with Gasteiger partial charge in [-0.2, -0.15) is 0 Å². The van der Waals surface area contributed by atoms with E-state index >= 15 is 0 Å². The summed E-state index contributed by atoms with van der Waals surface area (Å²) < 4.78 is 0. The topological polar surface area (TPSA) is 40.5 Å². The van der Waals surface area contributed by atoms with Gasteiger partial charge in [-0.15, -0.1) is 0 Å². The lowest BCUT2D eigenvalue weighted by Crippen LogP contribution is -2.06. The second kappa shape index (κ2) is 5.94. The van der Waals surface area contributed by atoms with Crippen molar-refractivity contribution in [3.8, 4) is 11.5 Å². The molecule has 106 valence electrons. The maximum Gasteiger partial charge on any atom is 0.117 e. The Balaban J connectivity index is 2.34. The molecule has 4 heteroatoms. The van der Waals surface area contributed by atoms with Crippen molar-refractivity contribution in [1.82, 2.24) is 0 Å². The summed E-state index contributed by atoms with van der Waals surface area (Å²) in [5.41, 5.74) is 1.92. The molecular formula is C16H16Cl2O2. The molecule has 2 nitrogen and oxygen atoms in total. The van der Waals surface area contributed by atoms with Crippen LogP contribution in [0.25, 0.3) is 0 Å². The van der Waals surface area contributed by atoms with E-state index in [4.69, 9.17) is 23.2 Å². The summed E-state index contributed by atoms with van der Waals surface area (Å²) in [5.74, 6) is 0.567. The van der Waals surface area contributed by atoms with Crippen LogP contribution in [0, 0.1) is 0 Å². The highest BCUT2D eigenvalue weighted by atomic mass is 35.5. The summed E-state index contributed by atoms with van der Waals surface area (Å²) in [5, 5.41) is 19.9. The molecule has 0 aliphatic rings. The largest absolute Gasteiger partial charge is 0.508 e. The molecule has 0 unspecified atom stereocenters. The molecule has 0 spiro atoms. The van der Waals surface area contributed by atoms with E-state index in [0.717, 1.165) is 11.1 Å². The van der Waals surface area contributed by atoms with Gasteiger partial charge in [-0.3, -0.25) is 0 Å². The minimum Gasteiger partial charge on any atom is -0.508 e. The van der Waals surface area contributed by atoms with Crippen LogP contribution in [0.2, 0.25) is 10.0 Å². The smallest absolute Gasteiger partial charge is 0.117 e. The fourth-order valence-corrected chi connectivity index (χ4v) is 3.00. The molecule has 0 aliphatic heterocycles. The van der Waals surface area contributed by atoms with Gasteiger partial charge in [0, 0.05) is 10.0 Å². The zero-order valence-electron chi connectivity index (χ0n) is 11.3. The normalized spacial score (nSPS) is 14.0. The lowest BCUT2D eigenvalue weighted by Gasteiger charge is -2.23. The van der Waals surface area contributed by atoms with Gasteiger partial charge in [-0.1, -0.05) is 49.2 Å². The predicted molar refractivity (Wildman–Crippen MR) is 83.1 cm³/mol. The first-order valence-corrected chi connectivity index (χ1v) is 7.12. The quantitative estimate of drug-likeness (QED) is 0.806. The molecule has 2 N–H and O–H groups in total. The lowest BCUT2D eigenvalue weighted by molar-refractivity contribution is 0.473. The number of halogens is 2. The van der Waals surface area contributed by atoms with Crippen molar-refractivity contribution in [1.29, 1.82) is 0 Å². The van der Waals surface area contributed by atoms with Gasteiger partial charge in [0.05, 0.1) is 0 Å². The minimum absolute atomic E-state index is 0.130. The number of benzene rings is 2. The molecule has 0 aromatic heterocycles. The monoisotopic (exact) mass is 310 g/mol. The van der Waals surface area contributed by atoms with Gasteiger partial charge in [0.15, 0.2) is 0 Å². The molecule has 0 radical (unpaired) electrons. The first-order valence-electron chi connectivity index (χ1n) is 6.37. The van der Waals surface area contributed by atoms with E-state index in [1.54, 1.807) is 24.3 Å². The molecule has 0 amide bonds. The van der Waals surface area contributed by atoms with Crippen LogP contribution >= 0.6 is 23.2 Å². The van der Waals surface area contributed by atoms with Crippen LogP contribution in [0.4, 0.5) is 0 Å². The zero-order valence-corrected chi connectivity index (χ0v) is 12.8. The number of rotatable bonds is 3. The Kier molecular flexibility index (Phi) is 4.46. The van der Waals surface area contributed by atoms with E-state index in [1.165, 1.54) is 0 Å². The van der Waals surface area contributed by atoms with Gasteiger partial charge >= 0.3 is 0 Å². The Morgan fingerprint density at radius 1 is 0.750 bits per heavy atom. The standard InChI is InChI=1S/C16H16Cl2O2/c1-9(13-5-3-11(19)7-15(13)17)10(2)14-6-4-12(20)8-16(14)18/h3-10,19-20H,1-2H3/t9-,10+. The molecule has 0 saturated carbocycles. The van der Waals surface area contributed by atoms with E-state index in [9.17, 15) is 10.2 Å². The van der Waals surface area contributed by atoms with Crippen molar-refractivity contribution in [2.24, 2.45) is 0 Å². The lowest BCUT2D eigenvalue weighted by atomic mass is 9.84. The van der Waals surface area contributed by atoms with Crippen molar-refractivity contribution in [3.05, 3.63) is 57.6 Å². The van der Waals surface area contributed by atoms with Crippen LogP contribution in [0.3, 0.4) is 0 Å². The minimum atomic E-state index is 0.130. The average Bonchev–Trinajstić information content (AvgIpc) is 2.37. The van der Waals surface area contributed by atoms with Crippen molar-refractivity contribution < 1.29 is 10.2 Å². The summed E-state index contributed by atoms with van der Waals surface area (Å²) in [6.45, 7) is 4.12. The molecule has 0 fully saturated rings. The number of hydrogen-bond donors (Lipinski definition) is 2. The molecule has 0 saturated heterocycles. The van der Waals surface area contributed by atoms with Crippen molar-refractivity contribution in [2.75, 3.05) is 0 Å². The fraction of sp³-hybridized carbons (Fsp3) is 0.250. The molecule has 2 aromatic rings. The SMILES string of the molecule is C[C@H](c1ccc(O)cc1Cl)[C@@H](C)c1ccc(O)cc1Cl. The van der Waals surface area contributed by atoms with Crippen molar-refractivity contribution in [3.63, 3.8) is 0 Å². The summed E-state index contributed by atoms with van der Waals surface area (Å²) >= 11 is 12.4.